The molecule has 1 heterocycles. The summed E-state index contributed by atoms with van der Waals surface area (Å²) in [6.45, 7) is 1.19. The Bertz CT molecular complexity index is 459. The molecule has 0 aliphatic carbocycles. The van der Waals surface area contributed by atoms with Crippen LogP contribution in [0.4, 0.5) is 14.9 Å². The lowest BCUT2D eigenvalue weighted by atomic mass is 10.0. The van der Waals surface area contributed by atoms with Crippen LogP contribution in [0.25, 0.3) is 0 Å². The molecule has 0 radical (unpaired) electrons. The number of urea groups is 1. The number of ether oxygens (including phenoxy) is 1. The van der Waals surface area contributed by atoms with Crippen LogP contribution in [0.15, 0.2) is 18.2 Å². The van der Waals surface area contributed by atoms with E-state index >= 15 is 0 Å². The van der Waals surface area contributed by atoms with Crippen LogP contribution in [0, 0.1) is 5.82 Å². The molecule has 2 amide bonds. The van der Waals surface area contributed by atoms with Gasteiger partial charge in [0.15, 0.2) is 0 Å². The Morgan fingerprint density at radius 2 is 2.16 bits per heavy atom. The molecule has 1 fully saturated rings. The van der Waals surface area contributed by atoms with Crippen molar-refractivity contribution in [3.63, 3.8) is 0 Å². The summed E-state index contributed by atoms with van der Waals surface area (Å²) in [5.74, 6) is 0.302. The Hall–Kier alpha value is -1.98. The van der Waals surface area contributed by atoms with Gasteiger partial charge in [0, 0.05) is 25.2 Å². The number of likely N-dealkylation sites (tertiary alicyclic amines) is 1. The van der Waals surface area contributed by atoms with Crippen molar-refractivity contribution in [1.29, 1.82) is 0 Å². The largest absolute Gasteiger partial charge is 0.497 e. The number of hydrogen-bond acceptors (Lipinski definition) is 3. The first kappa shape index (κ1) is 13.5. The predicted molar refractivity (Wildman–Crippen MR) is 70.8 cm³/mol. The van der Waals surface area contributed by atoms with E-state index in [1.165, 1.54) is 6.07 Å². The number of hydrogen-bond donors (Lipinski definition) is 2. The van der Waals surface area contributed by atoms with Gasteiger partial charge in [-0.3, -0.25) is 0 Å². The summed E-state index contributed by atoms with van der Waals surface area (Å²) in [6.07, 6.45) is 1.50. The first-order valence-electron chi connectivity index (χ1n) is 6.24. The van der Waals surface area contributed by atoms with Crippen molar-refractivity contribution in [1.82, 2.24) is 4.90 Å². The van der Waals surface area contributed by atoms with Gasteiger partial charge in [0.1, 0.15) is 11.6 Å². The summed E-state index contributed by atoms with van der Waals surface area (Å²) >= 11 is 0. The van der Waals surface area contributed by atoms with Crippen LogP contribution in [-0.4, -0.2) is 37.2 Å². The van der Waals surface area contributed by atoms with Crippen molar-refractivity contribution in [2.24, 2.45) is 5.73 Å². The zero-order valence-corrected chi connectivity index (χ0v) is 10.9. The van der Waals surface area contributed by atoms with Gasteiger partial charge in [-0.05, 0) is 25.0 Å². The molecule has 1 aromatic rings. The highest BCUT2D eigenvalue weighted by Gasteiger charge is 2.21. The van der Waals surface area contributed by atoms with E-state index in [4.69, 9.17) is 10.5 Å². The van der Waals surface area contributed by atoms with Crippen LogP contribution in [0.3, 0.4) is 0 Å². The van der Waals surface area contributed by atoms with Crippen molar-refractivity contribution >= 4 is 11.7 Å². The number of nitrogens with zero attached hydrogens (tertiary/aromatic N) is 1. The third-order valence-corrected chi connectivity index (χ3v) is 3.34. The fourth-order valence-electron chi connectivity index (χ4n) is 2.21. The lowest BCUT2D eigenvalue weighted by Crippen LogP contribution is -2.44. The average Bonchev–Trinajstić information content (AvgIpc) is 2.42. The second kappa shape index (κ2) is 5.77. The predicted octanol–water partition coefficient (Wildman–Crippen LogP) is 1.79. The molecule has 5 nitrogen and oxygen atoms in total. The van der Waals surface area contributed by atoms with E-state index in [1.807, 2.05) is 0 Å². The first-order valence-corrected chi connectivity index (χ1v) is 6.24. The number of nitrogens with two attached hydrogens (primary N) is 1. The van der Waals surface area contributed by atoms with Crippen molar-refractivity contribution in [2.45, 2.75) is 18.9 Å². The average molecular weight is 267 g/mol. The lowest BCUT2D eigenvalue weighted by molar-refractivity contribution is 0.193. The smallest absolute Gasteiger partial charge is 0.314 e. The molecule has 1 aliphatic rings. The fourth-order valence-corrected chi connectivity index (χ4v) is 2.21. The SMILES string of the molecule is COc1ccc(F)c(NC2CCN(C(N)=O)CC2)c1. The quantitative estimate of drug-likeness (QED) is 0.877. The van der Waals surface area contributed by atoms with Crippen molar-refractivity contribution in [3.05, 3.63) is 24.0 Å². The second-order valence-electron chi connectivity index (χ2n) is 4.59. The van der Waals surface area contributed by atoms with Gasteiger partial charge >= 0.3 is 6.03 Å². The number of carbonyl (C=O) groups excluding carboxylic acids is 1. The summed E-state index contributed by atoms with van der Waals surface area (Å²) in [5, 5.41) is 3.15. The minimum atomic E-state index is -0.397. The molecule has 3 N–H and O–H groups in total. The maximum atomic E-state index is 13.7. The van der Waals surface area contributed by atoms with E-state index in [0.29, 0.717) is 24.5 Å². The van der Waals surface area contributed by atoms with Gasteiger partial charge in [-0.25, -0.2) is 9.18 Å². The van der Waals surface area contributed by atoms with Crippen LogP contribution in [-0.2, 0) is 0 Å². The number of rotatable bonds is 3. The Morgan fingerprint density at radius 1 is 1.47 bits per heavy atom. The maximum absolute atomic E-state index is 13.7. The van der Waals surface area contributed by atoms with E-state index in [-0.39, 0.29) is 11.9 Å². The normalized spacial score (nSPS) is 16.2. The molecule has 2 rings (SSSR count). The summed E-state index contributed by atoms with van der Waals surface area (Å²) in [5.41, 5.74) is 5.64. The number of anilines is 1. The van der Waals surface area contributed by atoms with Crippen LogP contribution >= 0.6 is 0 Å². The molecule has 1 saturated heterocycles. The Balaban J connectivity index is 1.97. The third kappa shape index (κ3) is 3.27. The topological polar surface area (TPSA) is 67.6 Å². The minimum absolute atomic E-state index is 0.136. The number of piperidine rings is 1. The van der Waals surface area contributed by atoms with Crippen molar-refractivity contribution in [2.75, 3.05) is 25.5 Å². The molecule has 19 heavy (non-hydrogen) atoms. The standard InChI is InChI=1S/C13H18FN3O2/c1-19-10-2-3-11(14)12(8-10)16-9-4-6-17(7-5-9)13(15)18/h2-3,8-9,16H,4-7H2,1H3,(H2,15,18). The van der Waals surface area contributed by atoms with E-state index in [2.05, 4.69) is 5.32 Å². The van der Waals surface area contributed by atoms with Crippen LogP contribution in [0.2, 0.25) is 0 Å². The van der Waals surface area contributed by atoms with E-state index in [1.54, 1.807) is 24.1 Å². The molecular weight excluding hydrogens is 249 g/mol. The third-order valence-electron chi connectivity index (χ3n) is 3.34. The van der Waals surface area contributed by atoms with Crippen LogP contribution in [0.5, 0.6) is 5.75 Å². The zero-order valence-electron chi connectivity index (χ0n) is 10.9. The molecule has 0 spiro atoms. The molecule has 1 aromatic carbocycles. The summed E-state index contributed by atoms with van der Waals surface area (Å²) in [7, 11) is 1.54. The van der Waals surface area contributed by atoms with Gasteiger partial charge < -0.3 is 20.7 Å². The van der Waals surface area contributed by atoms with E-state index in [0.717, 1.165) is 12.8 Å². The lowest BCUT2D eigenvalue weighted by Gasteiger charge is -2.31. The molecule has 6 heteroatoms. The fraction of sp³-hybridized carbons (Fsp3) is 0.462. The number of methoxy groups -OCH3 is 1. The second-order valence-corrected chi connectivity index (χ2v) is 4.59. The Labute approximate surface area is 111 Å². The summed E-state index contributed by atoms with van der Waals surface area (Å²) < 4.78 is 18.7. The zero-order chi connectivity index (χ0) is 13.8. The Kier molecular flexibility index (Phi) is 4.09. The number of nitrogens with one attached hydrogen (secondary N) is 1. The molecule has 0 atom stereocenters. The van der Waals surface area contributed by atoms with E-state index in [9.17, 15) is 9.18 Å². The molecule has 1 aliphatic heterocycles. The molecular formula is C13H18FN3O2. The number of halogens is 1. The van der Waals surface area contributed by atoms with Gasteiger partial charge in [0.2, 0.25) is 0 Å². The number of benzene rings is 1. The van der Waals surface area contributed by atoms with E-state index < -0.39 is 6.03 Å². The van der Waals surface area contributed by atoms with Crippen LogP contribution in [0.1, 0.15) is 12.8 Å². The van der Waals surface area contributed by atoms with Gasteiger partial charge in [-0.15, -0.1) is 0 Å². The first-order chi connectivity index (χ1) is 9.10. The molecule has 0 unspecified atom stereocenters. The number of primary amides is 1. The molecule has 0 aromatic heterocycles. The van der Waals surface area contributed by atoms with Gasteiger partial charge in [0.05, 0.1) is 12.8 Å². The molecule has 0 saturated carbocycles. The summed E-state index contributed by atoms with van der Waals surface area (Å²) in [4.78, 5) is 12.6. The monoisotopic (exact) mass is 267 g/mol. The highest BCUT2D eigenvalue weighted by molar-refractivity contribution is 5.72. The van der Waals surface area contributed by atoms with Gasteiger partial charge in [-0.2, -0.15) is 0 Å². The molecule has 104 valence electrons. The maximum Gasteiger partial charge on any atom is 0.314 e. The van der Waals surface area contributed by atoms with Crippen LogP contribution < -0.4 is 15.8 Å². The van der Waals surface area contributed by atoms with Crippen molar-refractivity contribution < 1.29 is 13.9 Å². The van der Waals surface area contributed by atoms with Gasteiger partial charge in [-0.1, -0.05) is 0 Å². The van der Waals surface area contributed by atoms with Crippen molar-refractivity contribution in [3.8, 4) is 5.75 Å². The van der Waals surface area contributed by atoms with Gasteiger partial charge in [0.25, 0.3) is 0 Å². The minimum Gasteiger partial charge on any atom is -0.497 e. The number of amides is 2. The highest BCUT2D eigenvalue weighted by atomic mass is 19.1. The summed E-state index contributed by atoms with van der Waals surface area (Å²) in [6, 6.07) is 4.33. The highest BCUT2D eigenvalue weighted by Crippen LogP contribution is 2.24. The number of carbonyl (C=O) groups is 1. The Morgan fingerprint density at radius 3 is 2.74 bits per heavy atom. The molecule has 0 bridgehead atoms.